The maximum atomic E-state index is 13.2. The number of halogens is 10. The molecule has 0 aliphatic heterocycles. The fraction of sp³-hybridized carbons (Fsp3) is 0.227. The molecule has 1 aromatic heterocycles. The van der Waals surface area contributed by atoms with Crippen molar-refractivity contribution >= 4 is 50.6 Å². The van der Waals surface area contributed by atoms with Crippen LogP contribution in [-0.2, 0) is 19.7 Å². The lowest BCUT2D eigenvalue weighted by atomic mass is 10.2. The first-order valence-electron chi connectivity index (χ1n) is 11.0. The van der Waals surface area contributed by atoms with Crippen LogP contribution in [0, 0.1) is 0 Å². The zero-order valence-electron chi connectivity index (χ0n) is 20.8. The van der Waals surface area contributed by atoms with Crippen molar-refractivity contribution in [2.75, 3.05) is 17.7 Å². The number of carbonyl (C=O) groups is 1. The molecule has 0 aliphatic carbocycles. The van der Waals surface area contributed by atoms with E-state index in [0.717, 1.165) is 12.4 Å². The Balaban J connectivity index is 2.04. The molecule has 2 N–H and O–H groups in total. The van der Waals surface area contributed by atoms with Crippen molar-refractivity contribution in [1.29, 1.82) is 0 Å². The lowest BCUT2D eigenvalue weighted by Crippen LogP contribution is -2.46. The maximum Gasteiger partial charge on any atom is 0.492 e. The van der Waals surface area contributed by atoms with Crippen LogP contribution in [-0.4, -0.2) is 60.5 Å². The predicted molar refractivity (Wildman–Crippen MR) is 130 cm³/mol. The van der Waals surface area contributed by atoms with Crippen LogP contribution in [0.5, 0.6) is 5.75 Å². The highest BCUT2D eigenvalue weighted by molar-refractivity contribution is 7.89. The summed E-state index contributed by atoms with van der Waals surface area (Å²) in [7, 11) is -4.78. The number of sulfonamides is 1. The number of rotatable bonds is 9. The lowest BCUT2D eigenvalue weighted by molar-refractivity contribution is -0.299. The highest BCUT2D eigenvalue weighted by Crippen LogP contribution is 2.40. The Morgan fingerprint density at radius 2 is 1.44 bits per heavy atom. The summed E-state index contributed by atoms with van der Waals surface area (Å²) in [6.45, 7) is 0. The number of benzene rings is 2. The summed E-state index contributed by atoms with van der Waals surface area (Å²) in [4.78, 5) is 21.5. The van der Waals surface area contributed by atoms with E-state index in [1.165, 1.54) is 24.3 Å². The molecule has 2 aromatic carbocycles. The summed E-state index contributed by atoms with van der Waals surface area (Å²) in [5.74, 6) is -4.41. The Hall–Kier alpha value is -4.04. The molecule has 1 heterocycles. The average Bonchev–Trinajstić information content (AvgIpc) is 2.87. The van der Waals surface area contributed by atoms with E-state index in [1.807, 2.05) is 0 Å². The number of nitrogens with zero attached hydrogens (tertiary/aromatic N) is 3. The quantitative estimate of drug-likeness (QED) is 0.205. The number of ether oxygens (including phenoxy) is 1. The molecule has 21 heteroatoms. The largest absolute Gasteiger partial charge is 0.492 e. The molecule has 0 radical (unpaired) electrons. The summed E-state index contributed by atoms with van der Waals surface area (Å²) < 4.78 is 146. The molecule has 0 unspecified atom stereocenters. The number of aromatic nitrogens is 2. The number of hydrogen-bond donors (Lipinski definition) is 2. The van der Waals surface area contributed by atoms with Gasteiger partial charge < -0.3 is 20.2 Å². The normalized spacial score (nSPS) is 12.8. The molecule has 0 saturated heterocycles. The molecule has 234 valence electrons. The topological polar surface area (TPSA) is 123 Å². The minimum atomic E-state index is -5.98. The van der Waals surface area contributed by atoms with Crippen LogP contribution in [0.25, 0.3) is 0 Å². The van der Waals surface area contributed by atoms with Crippen LogP contribution in [0.1, 0.15) is 0 Å². The van der Waals surface area contributed by atoms with Gasteiger partial charge in [0.2, 0.25) is 0 Å². The van der Waals surface area contributed by atoms with E-state index in [1.54, 1.807) is 0 Å². The zero-order valence-corrected chi connectivity index (χ0v) is 22.4. The van der Waals surface area contributed by atoms with Gasteiger partial charge in [0.1, 0.15) is 23.7 Å². The van der Waals surface area contributed by atoms with Gasteiger partial charge in [0.05, 0.1) is 10.6 Å². The van der Waals surface area contributed by atoms with Crippen LogP contribution in [0.15, 0.2) is 59.8 Å². The second kappa shape index (κ2) is 12.3. The molecule has 0 saturated carbocycles. The third-order valence-corrected chi connectivity index (χ3v) is 6.77. The van der Waals surface area contributed by atoms with E-state index in [0.29, 0.717) is 36.0 Å². The van der Waals surface area contributed by atoms with Crippen molar-refractivity contribution in [3.8, 4) is 5.75 Å². The zero-order chi connectivity index (χ0) is 32.4. The average molecular weight is 668 g/mol. The summed E-state index contributed by atoms with van der Waals surface area (Å²) in [6, 6.07) is 8.41. The van der Waals surface area contributed by atoms with Gasteiger partial charge in [-0.25, -0.2) is 23.2 Å². The van der Waals surface area contributed by atoms with E-state index in [9.17, 15) is 52.7 Å². The van der Waals surface area contributed by atoms with E-state index in [-0.39, 0.29) is 11.6 Å². The summed E-state index contributed by atoms with van der Waals surface area (Å²) in [6.07, 6.45) is -21.0. The fourth-order valence-electron chi connectivity index (χ4n) is 3.00. The molecular formula is C22H15ClF9N5O5S. The predicted octanol–water partition coefficient (Wildman–Crippen LogP) is 6.13. The minimum Gasteiger partial charge on any atom is -0.469 e. The molecule has 3 aromatic rings. The van der Waals surface area contributed by atoms with Crippen molar-refractivity contribution in [2.45, 2.75) is 29.5 Å². The summed E-state index contributed by atoms with van der Waals surface area (Å²) >= 11 is 5.81. The number of alkyl halides is 9. The van der Waals surface area contributed by atoms with Gasteiger partial charge in [0.15, 0.2) is 0 Å². The molecule has 0 fully saturated rings. The molecule has 0 aliphatic rings. The number of nitrogens with one attached hydrogen (secondary N) is 2. The minimum absolute atomic E-state index is 0.0355. The maximum absolute atomic E-state index is 13.2. The molecule has 43 heavy (non-hydrogen) atoms. The van der Waals surface area contributed by atoms with Gasteiger partial charge in [-0.2, -0.15) is 39.5 Å². The smallest absolute Gasteiger partial charge is 0.469 e. The van der Waals surface area contributed by atoms with E-state index in [4.69, 9.17) is 11.6 Å². The van der Waals surface area contributed by atoms with Crippen LogP contribution in [0.3, 0.4) is 0 Å². The molecule has 10 nitrogen and oxygen atoms in total. The summed E-state index contributed by atoms with van der Waals surface area (Å²) in [5.41, 5.74) is -0.424. The van der Waals surface area contributed by atoms with Crippen molar-refractivity contribution in [3.05, 3.63) is 59.9 Å². The highest BCUT2D eigenvalue weighted by atomic mass is 35.5. The van der Waals surface area contributed by atoms with Crippen molar-refractivity contribution < 1.29 is 62.3 Å². The standard InChI is InChI=1S/C22H15ClF9N5O5S/c1-37(42-19(38)22(30,31)32)43(39,40)13-6-7-15(41-18(20(24,25)26)21(27,28)29)14(8-13)36-17-9-16(33-10-34-17)35-12-4-2-11(23)3-5-12/h2-10,18H,1H3,(H2,33,34,35,36). The SMILES string of the molecule is CN(OC(=O)C(F)(F)F)S(=O)(=O)c1ccc(OC(C(F)(F)F)C(F)(F)F)c(Nc2cc(Nc3ccc(Cl)cc3)ncn2)c1. The highest BCUT2D eigenvalue weighted by Gasteiger charge is 2.59. The van der Waals surface area contributed by atoms with E-state index >= 15 is 0 Å². The van der Waals surface area contributed by atoms with E-state index < -0.39 is 61.4 Å². The Labute approximate surface area is 240 Å². The number of hydrogen-bond acceptors (Lipinski definition) is 9. The Kier molecular flexibility index (Phi) is 9.56. The van der Waals surface area contributed by atoms with Gasteiger partial charge in [0, 0.05) is 23.8 Å². The second-order valence-electron chi connectivity index (χ2n) is 8.08. The van der Waals surface area contributed by atoms with Gasteiger partial charge >= 0.3 is 24.5 Å². The molecular weight excluding hydrogens is 653 g/mol. The van der Waals surface area contributed by atoms with Crippen molar-refractivity contribution in [2.24, 2.45) is 0 Å². The molecule has 0 atom stereocenters. The monoisotopic (exact) mass is 667 g/mol. The van der Waals surface area contributed by atoms with Crippen LogP contribution >= 0.6 is 11.6 Å². The van der Waals surface area contributed by atoms with Crippen LogP contribution in [0.4, 0.5) is 62.5 Å². The van der Waals surface area contributed by atoms with Gasteiger partial charge in [-0.15, -0.1) is 0 Å². The van der Waals surface area contributed by atoms with Crippen LogP contribution < -0.4 is 15.4 Å². The third-order valence-electron chi connectivity index (χ3n) is 4.92. The molecule has 0 bridgehead atoms. The number of hydroxylamine groups is 1. The lowest BCUT2D eigenvalue weighted by Gasteiger charge is -2.25. The Morgan fingerprint density at radius 3 is 1.98 bits per heavy atom. The fourth-order valence-corrected chi connectivity index (χ4v) is 4.09. The van der Waals surface area contributed by atoms with Gasteiger partial charge in [-0.05, 0) is 46.9 Å². The van der Waals surface area contributed by atoms with Crippen molar-refractivity contribution in [3.63, 3.8) is 0 Å². The third kappa shape index (κ3) is 8.74. The summed E-state index contributed by atoms with van der Waals surface area (Å²) in [5, 5.41) is 5.49. The first-order valence-corrected chi connectivity index (χ1v) is 12.8. The molecule has 0 amide bonds. The molecule has 0 spiro atoms. The van der Waals surface area contributed by atoms with Crippen LogP contribution in [0.2, 0.25) is 5.02 Å². The van der Waals surface area contributed by atoms with Gasteiger partial charge in [-0.3, -0.25) is 0 Å². The number of anilines is 4. The first-order chi connectivity index (χ1) is 19.7. The molecule has 3 rings (SSSR count). The Morgan fingerprint density at radius 1 is 0.884 bits per heavy atom. The van der Waals surface area contributed by atoms with E-state index in [2.05, 4.69) is 30.2 Å². The van der Waals surface area contributed by atoms with Gasteiger partial charge in [0.25, 0.3) is 16.1 Å². The second-order valence-corrected chi connectivity index (χ2v) is 10.4. The first kappa shape index (κ1) is 33.5. The number of carbonyl (C=O) groups excluding carboxylic acids is 1. The van der Waals surface area contributed by atoms with Gasteiger partial charge in [-0.1, -0.05) is 11.6 Å². The van der Waals surface area contributed by atoms with Crippen molar-refractivity contribution in [1.82, 2.24) is 14.4 Å². The Bertz CT molecular complexity index is 1560.